The summed E-state index contributed by atoms with van der Waals surface area (Å²) in [6.07, 6.45) is -3.23. The number of hydrogen-bond donors (Lipinski definition) is 1. The number of alkyl halides is 3. The minimum absolute atomic E-state index is 0.253. The highest BCUT2D eigenvalue weighted by atomic mass is 19.4. The predicted molar refractivity (Wildman–Crippen MR) is 72.2 cm³/mol. The van der Waals surface area contributed by atoms with Crippen LogP contribution in [-0.4, -0.2) is 39.5 Å². The van der Waals surface area contributed by atoms with Gasteiger partial charge in [0, 0.05) is 31.4 Å². The molecule has 6 heteroatoms. The Kier molecular flexibility index (Phi) is 4.75. The fourth-order valence-electron chi connectivity index (χ4n) is 2.46. The molecule has 0 saturated carbocycles. The second-order valence-electron chi connectivity index (χ2n) is 5.05. The monoisotopic (exact) mass is 288 g/mol. The number of hydrogen-bond acceptors (Lipinski definition) is 3. The Bertz CT molecular complexity index is 437. The van der Waals surface area contributed by atoms with Crippen molar-refractivity contribution in [2.24, 2.45) is 5.92 Å². The van der Waals surface area contributed by atoms with E-state index in [-0.39, 0.29) is 5.92 Å². The van der Waals surface area contributed by atoms with Crippen LogP contribution in [0.15, 0.2) is 24.3 Å². The van der Waals surface area contributed by atoms with Crippen LogP contribution in [0, 0.1) is 5.92 Å². The molecule has 1 aromatic carbocycles. The molecule has 0 aliphatic carbocycles. The third-order valence-corrected chi connectivity index (χ3v) is 3.46. The first-order valence-electron chi connectivity index (χ1n) is 6.64. The summed E-state index contributed by atoms with van der Waals surface area (Å²) in [7, 11) is 1.62. The number of methoxy groups -OCH3 is 1. The Labute approximate surface area is 116 Å². The average molecular weight is 288 g/mol. The molecule has 20 heavy (non-hydrogen) atoms. The summed E-state index contributed by atoms with van der Waals surface area (Å²) in [4.78, 5) is 2.18. The van der Waals surface area contributed by atoms with Crippen molar-refractivity contribution in [3.05, 3.63) is 24.3 Å². The molecule has 1 aliphatic heterocycles. The zero-order chi connectivity index (χ0) is 14.6. The maximum absolute atomic E-state index is 12.1. The van der Waals surface area contributed by atoms with Crippen molar-refractivity contribution in [1.29, 1.82) is 0 Å². The Morgan fingerprint density at radius 2 is 2.20 bits per heavy atom. The smallest absolute Gasteiger partial charge is 0.401 e. The topological polar surface area (TPSA) is 24.5 Å². The molecule has 0 bridgehead atoms. The van der Waals surface area contributed by atoms with E-state index in [1.54, 1.807) is 7.11 Å². The van der Waals surface area contributed by atoms with Crippen LogP contribution in [0.1, 0.15) is 6.42 Å². The summed E-state index contributed by atoms with van der Waals surface area (Å²) in [5, 5.41) is 2.49. The molecule has 2 rings (SSSR count). The third kappa shape index (κ3) is 4.30. The highest BCUT2D eigenvalue weighted by molar-refractivity contribution is 5.51. The normalized spacial score (nSPS) is 19.4. The molecule has 0 aromatic heterocycles. The van der Waals surface area contributed by atoms with E-state index in [1.165, 1.54) is 0 Å². The number of ether oxygens (including phenoxy) is 1. The van der Waals surface area contributed by atoms with Gasteiger partial charge in [-0.15, -0.1) is 0 Å². The molecule has 1 aliphatic rings. The number of nitrogens with zero attached hydrogens (tertiary/aromatic N) is 1. The van der Waals surface area contributed by atoms with Crippen LogP contribution >= 0.6 is 0 Å². The van der Waals surface area contributed by atoms with Gasteiger partial charge in [0.25, 0.3) is 0 Å². The Balaban J connectivity index is 1.82. The predicted octanol–water partition coefficient (Wildman–Crippen LogP) is 2.67. The standard InChI is InChI=1S/C14H19F3N2O/c1-20-13-4-2-3-12(7-13)19-6-5-11(9-19)8-18-10-14(15,16)17/h2-4,7,11,18H,5-6,8-10H2,1H3. The van der Waals surface area contributed by atoms with E-state index in [1.807, 2.05) is 24.3 Å². The largest absolute Gasteiger partial charge is 0.497 e. The minimum Gasteiger partial charge on any atom is -0.497 e. The van der Waals surface area contributed by atoms with Gasteiger partial charge in [0.15, 0.2) is 0 Å². The molecule has 0 amide bonds. The molecule has 3 nitrogen and oxygen atoms in total. The second-order valence-corrected chi connectivity index (χ2v) is 5.05. The van der Waals surface area contributed by atoms with Crippen LogP contribution in [0.3, 0.4) is 0 Å². The van der Waals surface area contributed by atoms with Crippen LogP contribution in [0.4, 0.5) is 18.9 Å². The van der Waals surface area contributed by atoms with Crippen LogP contribution in [0.25, 0.3) is 0 Å². The van der Waals surface area contributed by atoms with Gasteiger partial charge in [0.1, 0.15) is 5.75 Å². The lowest BCUT2D eigenvalue weighted by atomic mass is 10.1. The quantitative estimate of drug-likeness (QED) is 0.901. The average Bonchev–Trinajstić information content (AvgIpc) is 2.86. The summed E-state index contributed by atoms with van der Waals surface area (Å²) >= 11 is 0. The maximum Gasteiger partial charge on any atom is 0.401 e. The van der Waals surface area contributed by atoms with Gasteiger partial charge in [-0.3, -0.25) is 0 Å². The zero-order valence-electron chi connectivity index (χ0n) is 11.4. The second kappa shape index (κ2) is 6.35. The number of halogens is 3. The molecule has 112 valence electrons. The molecule has 1 unspecified atom stereocenters. The molecular formula is C14H19F3N2O. The summed E-state index contributed by atoms with van der Waals surface area (Å²) < 4.78 is 41.4. The number of rotatable bonds is 5. The lowest BCUT2D eigenvalue weighted by Gasteiger charge is -2.19. The summed E-state index contributed by atoms with van der Waals surface area (Å²) in [5.41, 5.74) is 1.06. The summed E-state index contributed by atoms with van der Waals surface area (Å²) in [6.45, 7) is 1.13. The van der Waals surface area contributed by atoms with E-state index in [4.69, 9.17) is 4.74 Å². The SMILES string of the molecule is COc1cccc(N2CCC(CNCC(F)(F)F)C2)c1. The summed E-state index contributed by atoms with van der Waals surface area (Å²) in [6, 6.07) is 7.74. The Hall–Kier alpha value is -1.43. The van der Waals surface area contributed by atoms with Gasteiger partial charge in [-0.1, -0.05) is 6.07 Å². The molecule has 0 spiro atoms. The fraction of sp³-hybridized carbons (Fsp3) is 0.571. The van der Waals surface area contributed by atoms with Crippen molar-refractivity contribution in [2.45, 2.75) is 12.6 Å². The van der Waals surface area contributed by atoms with Gasteiger partial charge in [-0.05, 0) is 24.5 Å². The van der Waals surface area contributed by atoms with E-state index >= 15 is 0 Å². The van der Waals surface area contributed by atoms with Gasteiger partial charge < -0.3 is 15.0 Å². The van der Waals surface area contributed by atoms with E-state index in [2.05, 4.69) is 10.2 Å². The molecular weight excluding hydrogens is 269 g/mol. The minimum atomic E-state index is -4.13. The van der Waals surface area contributed by atoms with Crippen molar-refractivity contribution < 1.29 is 17.9 Å². The van der Waals surface area contributed by atoms with Gasteiger partial charge in [0.05, 0.1) is 13.7 Å². The van der Waals surface area contributed by atoms with Crippen LogP contribution in [0.5, 0.6) is 5.75 Å². The van der Waals surface area contributed by atoms with Crippen LogP contribution in [0.2, 0.25) is 0 Å². The molecule has 1 fully saturated rings. The Morgan fingerprint density at radius 3 is 2.90 bits per heavy atom. The van der Waals surface area contributed by atoms with E-state index < -0.39 is 12.7 Å². The van der Waals surface area contributed by atoms with Gasteiger partial charge in [0.2, 0.25) is 0 Å². The van der Waals surface area contributed by atoms with Crippen LogP contribution in [-0.2, 0) is 0 Å². The fourth-order valence-corrected chi connectivity index (χ4v) is 2.46. The zero-order valence-corrected chi connectivity index (χ0v) is 11.4. The molecule has 0 radical (unpaired) electrons. The highest BCUT2D eigenvalue weighted by Crippen LogP contribution is 2.26. The lowest BCUT2D eigenvalue weighted by molar-refractivity contribution is -0.125. The molecule has 1 atom stereocenters. The number of nitrogens with one attached hydrogen (secondary N) is 1. The number of benzene rings is 1. The highest BCUT2D eigenvalue weighted by Gasteiger charge is 2.28. The first-order chi connectivity index (χ1) is 9.48. The third-order valence-electron chi connectivity index (χ3n) is 3.46. The maximum atomic E-state index is 12.1. The van der Waals surface area contributed by atoms with Crippen molar-refractivity contribution in [3.63, 3.8) is 0 Å². The van der Waals surface area contributed by atoms with Gasteiger partial charge in [-0.25, -0.2) is 0 Å². The van der Waals surface area contributed by atoms with Crippen molar-refractivity contribution in [1.82, 2.24) is 5.32 Å². The van der Waals surface area contributed by atoms with Crippen LogP contribution < -0.4 is 15.0 Å². The van der Waals surface area contributed by atoms with E-state index in [0.717, 1.165) is 30.9 Å². The Morgan fingerprint density at radius 1 is 1.40 bits per heavy atom. The van der Waals surface area contributed by atoms with Gasteiger partial charge in [-0.2, -0.15) is 13.2 Å². The molecule has 1 heterocycles. The van der Waals surface area contributed by atoms with Crippen molar-refractivity contribution >= 4 is 5.69 Å². The summed E-state index contributed by atoms with van der Waals surface area (Å²) in [5.74, 6) is 1.05. The lowest BCUT2D eigenvalue weighted by Crippen LogP contribution is -2.33. The van der Waals surface area contributed by atoms with E-state index in [0.29, 0.717) is 6.54 Å². The van der Waals surface area contributed by atoms with E-state index in [9.17, 15) is 13.2 Å². The molecule has 1 N–H and O–H groups in total. The first-order valence-corrected chi connectivity index (χ1v) is 6.64. The number of anilines is 1. The molecule has 1 aromatic rings. The van der Waals surface area contributed by atoms with Crippen molar-refractivity contribution in [2.75, 3.05) is 38.2 Å². The molecule has 1 saturated heterocycles. The van der Waals surface area contributed by atoms with Crippen molar-refractivity contribution in [3.8, 4) is 5.75 Å². The van der Waals surface area contributed by atoms with Gasteiger partial charge >= 0.3 is 6.18 Å². The first kappa shape index (κ1) is 15.0.